The molecule has 0 radical (unpaired) electrons. The van der Waals surface area contributed by atoms with Crippen LogP contribution < -0.4 is 15.5 Å². The van der Waals surface area contributed by atoms with Crippen molar-refractivity contribution in [2.75, 3.05) is 26.4 Å². The van der Waals surface area contributed by atoms with Gasteiger partial charge in [0.25, 0.3) is 11.8 Å². The first-order valence-electron chi connectivity index (χ1n) is 14.2. The highest BCUT2D eigenvalue weighted by Crippen LogP contribution is 2.49. The van der Waals surface area contributed by atoms with E-state index in [-0.39, 0.29) is 43.5 Å². The molecule has 3 aromatic rings. The van der Waals surface area contributed by atoms with Crippen LogP contribution in [0.2, 0.25) is 0 Å². The van der Waals surface area contributed by atoms with Crippen LogP contribution in [-0.2, 0) is 17.9 Å². The molecule has 13 heteroatoms. The van der Waals surface area contributed by atoms with E-state index in [0.29, 0.717) is 37.1 Å². The zero-order valence-corrected chi connectivity index (χ0v) is 23.5. The first kappa shape index (κ1) is 29.4. The number of rotatable bonds is 7. The van der Waals surface area contributed by atoms with Gasteiger partial charge in [-0.15, -0.1) is 0 Å². The third-order valence-corrected chi connectivity index (χ3v) is 8.76. The largest absolute Gasteiger partial charge is 0.483 e. The molecule has 230 valence electrons. The monoisotopic (exact) mass is 610 g/mol. The highest BCUT2D eigenvalue weighted by molar-refractivity contribution is 5.99. The van der Waals surface area contributed by atoms with E-state index in [9.17, 15) is 37.5 Å². The maximum atomic E-state index is 14.3. The van der Waals surface area contributed by atoms with E-state index >= 15 is 0 Å². The standard InChI is InChI=1S/C31H29F3N4O6/c32-19-9-22(33)20(23(34)10-19)12-35-29(42)21-13-38-24-14-36(8-4-7-31(24)11-25(40)37(16-31)17-39)30(43)26(38)28(27(21)41)44-15-18-5-2-1-3-6-18/h1-3,5-6,9-10,13,24,39H,4,7-8,11-12,14-17H2,(H,35,42)/t24-,31-/m1/s1. The molecule has 6 rings (SSSR count). The zero-order valence-electron chi connectivity index (χ0n) is 23.5. The minimum Gasteiger partial charge on any atom is -0.483 e. The summed E-state index contributed by atoms with van der Waals surface area (Å²) in [6, 6.07) is 9.29. The fourth-order valence-electron chi connectivity index (χ4n) is 6.55. The van der Waals surface area contributed by atoms with Crippen LogP contribution >= 0.6 is 0 Å². The number of aliphatic hydroxyl groups is 1. The van der Waals surface area contributed by atoms with Crippen molar-refractivity contribution >= 4 is 17.7 Å². The van der Waals surface area contributed by atoms with Gasteiger partial charge in [0.2, 0.25) is 11.3 Å². The highest BCUT2D eigenvalue weighted by Gasteiger charge is 2.53. The number of pyridine rings is 1. The van der Waals surface area contributed by atoms with Crippen molar-refractivity contribution < 1.29 is 37.4 Å². The van der Waals surface area contributed by atoms with E-state index in [1.165, 1.54) is 15.7 Å². The number of fused-ring (bicyclic) bond motifs is 5. The second-order valence-electron chi connectivity index (χ2n) is 11.4. The summed E-state index contributed by atoms with van der Waals surface area (Å²) in [4.78, 5) is 56.9. The number of halogens is 3. The number of benzene rings is 2. The second kappa shape index (κ2) is 11.5. The molecule has 2 aromatic carbocycles. The number of carbonyl (C=O) groups is 3. The van der Waals surface area contributed by atoms with Crippen molar-refractivity contribution in [3.63, 3.8) is 0 Å². The molecule has 2 N–H and O–H groups in total. The molecular weight excluding hydrogens is 581 g/mol. The van der Waals surface area contributed by atoms with Gasteiger partial charge in [0, 0.05) is 61.9 Å². The van der Waals surface area contributed by atoms with Gasteiger partial charge in [0.1, 0.15) is 36.4 Å². The molecule has 0 unspecified atom stereocenters. The number of aliphatic hydroxyl groups excluding tert-OH is 1. The van der Waals surface area contributed by atoms with Crippen molar-refractivity contribution in [2.45, 2.75) is 38.5 Å². The van der Waals surface area contributed by atoms with Crippen LogP contribution in [0.15, 0.2) is 53.5 Å². The topological polar surface area (TPSA) is 121 Å². The van der Waals surface area contributed by atoms with Gasteiger partial charge < -0.3 is 29.5 Å². The molecule has 2 fully saturated rings. The van der Waals surface area contributed by atoms with Crippen molar-refractivity contribution in [3.05, 3.63) is 98.7 Å². The lowest BCUT2D eigenvalue weighted by molar-refractivity contribution is -0.130. The van der Waals surface area contributed by atoms with Gasteiger partial charge in [0.15, 0.2) is 11.4 Å². The fourth-order valence-corrected chi connectivity index (χ4v) is 6.55. The minimum atomic E-state index is -1.21. The van der Waals surface area contributed by atoms with Crippen molar-refractivity contribution in [3.8, 4) is 5.75 Å². The number of ether oxygens (including phenoxy) is 1. The molecular formula is C31H29F3N4O6. The van der Waals surface area contributed by atoms with E-state index in [2.05, 4.69) is 5.32 Å². The smallest absolute Gasteiger partial charge is 0.274 e. The molecule has 2 saturated heterocycles. The molecule has 1 aromatic heterocycles. The number of nitrogens with zero attached hydrogens (tertiary/aromatic N) is 3. The normalized spacial score (nSPS) is 21.0. The Morgan fingerprint density at radius 2 is 1.82 bits per heavy atom. The predicted molar refractivity (Wildman–Crippen MR) is 149 cm³/mol. The molecule has 2 bridgehead atoms. The van der Waals surface area contributed by atoms with Gasteiger partial charge >= 0.3 is 0 Å². The number of hydrogen-bond donors (Lipinski definition) is 2. The van der Waals surface area contributed by atoms with Crippen LogP contribution in [-0.4, -0.2) is 63.6 Å². The van der Waals surface area contributed by atoms with Crippen LogP contribution in [0.4, 0.5) is 13.2 Å². The summed E-state index contributed by atoms with van der Waals surface area (Å²) >= 11 is 0. The molecule has 2 atom stereocenters. The van der Waals surface area contributed by atoms with E-state index in [4.69, 9.17) is 4.74 Å². The van der Waals surface area contributed by atoms with Crippen molar-refractivity contribution in [1.82, 2.24) is 19.7 Å². The summed E-state index contributed by atoms with van der Waals surface area (Å²) in [5, 5.41) is 12.1. The number of likely N-dealkylation sites (tertiary alicyclic amines) is 1. The Labute approximate surface area is 249 Å². The molecule has 4 heterocycles. The van der Waals surface area contributed by atoms with Crippen molar-refractivity contribution in [2.24, 2.45) is 5.41 Å². The Hall–Kier alpha value is -4.65. The lowest BCUT2D eigenvalue weighted by atomic mass is 9.75. The predicted octanol–water partition coefficient (Wildman–Crippen LogP) is 2.73. The number of carbonyl (C=O) groups excluding carboxylic acids is 3. The van der Waals surface area contributed by atoms with Gasteiger partial charge in [-0.05, 0) is 18.4 Å². The Bertz CT molecular complexity index is 1690. The minimum absolute atomic E-state index is 0.0643. The van der Waals surface area contributed by atoms with E-state index in [1.807, 2.05) is 0 Å². The van der Waals surface area contributed by atoms with Gasteiger partial charge in [-0.1, -0.05) is 30.3 Å². The second-order valence-corrected chi connectivity index (χ2v) is 11.4. The Kier molecular flexibility index (Phi) is 7.66. The highest BCUT2D eigenvalue weighted by atomic mass is 19.1. The molecule has 3 amide bonds. The van der Waals surface area contributed by atoms with Crippen molar-refractivity contribution in [1.29, 1.82) is 0 Å². The average molecular weight is 611 g/mol. The summed E-state index contributed by atoms with van der Waals surface area (Å²) in [5.74, 6) is -5.60. The first-order chi connectivity index (χ1) is 21.1. The van der Waals surface area contributed by atoms with E-state index in [1.54, 1.807) is 35.2 Å². The Balaban J connectivity index is 1.45. The molecule has 0 aliphatic carbocycles. The van der Waals surface area contributed by atoms with Crippen LogP contribution in [0, 0.1) is 22.9 Å². The van der Waals surface area contributed by atoms with Gasteiger partial charge in [-0.2, -0.15) is 0 Å². The first-order valence-corrected chi connectivity index (χ1v) is 14.2. The maximum absolute atomic E-state index is 14.3. The number of nitrogens with one attached hydrogen (secondary N) is 1. The van der Waals surface area contributed by atoms with Crippen LogP contribution in [0.25, 0.3) is 0 Å². The number of aromatic nitrogens is 1. The summed E-state index contributed by atoms with van der Waals surface area (Å²) in [6.07, 6.45) is 2.45. The molecule has 44 heavy (non-hydrogen) atoms. The van der Waals surface area contributed by atoms with E-state index < -0.39 is 70.6 Å². The van der Waals surface area contributed by atoms with Crippen LogP contribution in [0.5, 0.6) is 5.75 Å². The number of hydrogen-bond acceptors (Lipinski definition) is 6. The third kappa shape index (κ3) is 5.10. The van der Waals surface area contributed by atoms with Crippen LogP contribution in [0.1, 0.15) is 57.3 Å². The molecule has 3 aliphatic heterocycles. The third-order valence-electron chi connectivity index (χ3n) is 8.76. The summed E-state index contributed by atoms with van der Waals surface area (Å²) in [6.45, 7) is -0.452. The maximum Gasteiger partial charge on any atom is 0.274 e. The van der Waals surface area contributed by atoms with Crippen LogP contribution in [0.3, 0.4) is 0 Å². The average Bonchev–Trinajstić information content (AvgIpc) is 3.23. The molecule has 1 spiro atoms. The summed E-state index contributed by atoms with van der Waals surface area (Å²) in [5.41, 5.74) is -2.02. The Morgan fingerprint density at radius 1 is 1.09 bits per heavy atom. The van der Waals surface area contributed by atoms with Gasteiger partial charge in [-0.3, -0.25) is 19.2 Å². The fraction of sp³-hybridized carbons (Fsp3) is 0.355. The quantitative estimate of drug-likeness (QED) is 0.425. The van der Waals surface area contributed by atoms with E-state index in [0.717, 1.165) is 0 Å². The summed E-state index contributed by atoms with van der Waals surface area (Å²) in [7, 11) is 0. The molecule has 3 aliphatic rings. The number of amides is 3. The van der Waals surface area contributed by atoms with Gasteiger partial charge in [0.05, 0.1) is 6.04 Å². The zero-order chi connectivity index (χ0) is 31.2. The van der Waals surface area contributed by atoms with Gasteiger partial charge in [-0.25, -0.2) is 13.2 Å². The summed E-state index contributed by atoms with van der Waals surface area (Å²) < 4.78 is 49.4. The molecule has 10 nitrogen and oxygen atoms in total. The Morgan fingerprint density at radius 3 is 2.50 bits per heavy atom. The lowest BCUT2D eigenvalue weighted by Crippen LogP contribution is -2.49. The molecule has 0 saturated carbocycles. The lowest BCUT2D eigenvalue weighted by Gasteiger charge is -2.42. The SMILES string of the molecule is O=C(NCc1c(F)cc(F)cc1F)c1cn2c(c(OCc3ccccc3)c1=O)C(=O)N1CCC[C@]3(CC(=O)N(CO)C3)[C@H]2C1.